The molecule has 0 aromatic carbocycles. The lowest BCUT2D eigenvalue weighted by Crippen LogP contribution is -2.44. The van der Waals surface area contributed by atoms with Gasteiger partial charge >= 0.3 is 0 Å². The summed E-state index contributed by atoms with van der Waals surface area (Å²) in [5, 5.41) is 10.7. The fourth-order valence-electron chi connectivity index (χ4n) is 2.05. The monoisotopic (exact) mass is 272 g/mol. The topological polar surface area (TPSA) is 44.0 Å². The van der Waals surface area contributed by atoms with Crippen molar-refractivity contribution in [1.82, 2.24) is 20.4 Å². The van der Waals surface area contributed by atoms with Crippen LogP contribution in [0.2, 0.25) is 0 Å². The van der Waals surface area contributed by atoms with Crippen molar-refractivity contribution in [2.45, 2.75) is 19.9 Å². The van der Waals surface area contributed by atoms with Gasteiger partial charge in [-0.15, -0.1) is 0 Å². The van der Waals surface area contributed by atoms with Crippen LogP contribution in [0.25, 0.3) is 0 Å². The van der Waals surface area contributed by atoms with Gasteiger partial charge in [-0.25, -0.2) is 0 Å². The minimum Gasteiger partial charge on any atom is -0.314 e. The van der Waals surface area contributed by atoms with E-state index in [2.05, 4.69) is 50.2 Å². The van der Waals surface area contributed by atoms with Crippen molar-refractivity contribution in [2.24, 2.45) is 0 Å². The molecule has 5 heteroatoms. The van der Waals surface area contributed by atoms with Gasteiger partial charge in [0.2, 0.25) is 0 Å². The van der Waals surface area contributed by atoms with Crippen LogP contribution in [-0.4, -0.2) is 41.3 Å². The minimum atomic E-state index is 0.422. The highest BCUT2D eigenvalue weighted by Gasteiger charge is 2.21. The van der Waals surface area contributed by atoms with Crippen molar-refractivity contribution < 1.29 is 0 Å². The molecule has 1 aliphatic rings. The Hall–Kier alpha value is -0.390. The van der Waals surface area contributed by atoms with Gasteiger partial charge in [0.25, 0.3) is 0 Å². The van der Waals surface area contributed by atoms with Crippen LogP contribution in [0.5, 0.6) is 0 Å². The van der Waals surface area contributed by atoms with Crippen LogP contribution >= 0.6 is 15.9 Å². The highest BCUT2D eigenvalue weighted by Crippen LogP contribution is 2.25. The number of piperazine rings is 1. The molecule has 2 heterocycles. The fourth-order valence-corrected chi connectivity index (χ4v) is 2.35. The second-order valence-electron chi connectivity index (χ2n) is 4.02. The van der Waals surface area contributed by atoms with Crippen molar-refractivity contribution in [1.29, 1.82) is 0 Å². The predicted molar refractivity (Wildman–Crippen MR) is 63.9 cm³/mol. The lowest BCUT2D eigenvalue weighted by molar-refractivity contribution is 0.182. The first-order valence-electron chi connectivity index (χ1n) is 5.35. The molecule has 1 aliphatic heterocycles. The molecule has 1 aromatic heterocycles. The van der Waals surface area contributed by atoms with E-state index >= 15 is 0 Å². The molecule has 0 amide bonds. The Morgan fingerprint density at radius 3 is 2.60 bits per heavy atom. The van der Waals surface area contributed by atoms with Crippen LogP contribution in [0.3, 0.4) is 0 Å². The smallest absolute Gasteiger partial charge is 0.131 e. The molecule has 1 aromatic rings. The summed E-state index contributed by atoms with van der Waals surface area (Å²) in [6.45, 7) is 8.71. The molecule has 15 heavy (non-hydrogen) atoms. The molecule has 1 fully saturated rings. The van der Waals surface area contributed by atoms with Crippen LogP contribution in [0, 0.1) is 6.92 Å². The van der Waals surface area contributed by atoms with Gasteiger partial charge < -0.3 is 5.32 Å². The lowest BCUT2D eigenvalue weighted by atomic mass is 10.1. The summed E-state index contributed by atoms with van der Waals surface area (Å²) in [5.74, 6) is 0. The Labute approximate surface area is 98.6 Å². The number of aromatic amines is 1. The number of hydrogen-bond donors (Lipinski definition) is 2. The molecule has 0 aliphatic carbocycles. The minimum absolute atomic E-state index is 0.422. The second kappa shape index (κ2) is 4.63. The zero-order chi connectivity index (χ0) is 10.8. The largest absolute Gasteiger partial charge is 0.314 e. The molecule has 1 atom stereocenters. The SMILES string of the molecule is Cc1c(Br)n[nH]c1C(C)N1CCNCC1. The van der Waals surface area contributed by atoms with Crippen LogP contribution < -0.4 is 5.32 Å². The predicted octanol–water partition coefficient (Wildman–Crippen LogP) is 1.45. The molecule has 1 saturated heterocycles. The summed E-state index contributed by atoms with van der Waals surface area (Å²) in [7, 11) is 0. The van der Waals surface area contributed by atoms with Gasteiger partial charge in [-0.2, -0.15) is 5.10 Å². The van der Waals surface area contributed by atoms with E-state index in [1.807, 2.05) is 0 Å². The molecule has 0 saturated carbocycles. The van der Waals surface area contributed by atoms with Crippen molar-refractivity contribution in [3.8, 4) is 0 Å². The van der Waals surface area contributed by atoms with Crippen LogP contribution in [0.15, 0.2) is 4.60 Å². The van der Waals surface area contributed by atoms with E-state index in [-0.39, 0.29) is 0 Å². The summed E-state index contributed by atoms with van der Waals surface area (Å²) in [6, 6.07) is 0.422. The second-order valence-corrected chi connectivity index (χ2v) is 4.77. The first kappa shape index (κ1) is 11.1. The van der Waals surface area contributed by atoms with E-state index in [0.717, 1.165) is 30.8 Å². The van der Waals surface area contributed by atoms with Gasteiger partial charge in [-0.1, -0.05) is 0 Å². The van der Waals surface area contributed by atoms with E-state index in [9.17, 15) is 0 Å². The highest BCUT2D eigenvalue weighted by molar-refractivity contribution is 9.10. The van der Waals surface area contributed by atoms with Gasteiger partial charge in [0.15, 0.2) is 0 Å². The maximum absolute atomic E-state index is 4.18. The first-order valence-corrected chi connectivity index (χ1v) is 6.14. The van der Waals surface area contributed by atoms with Gasteiger partial charge in [0.05, 0.1) is 5.69 Å². The summed E-state index contributed by atoms with van der Waals surface area (Å²) in [4.78, 5) is 2.48. The maximum Gasteiger partial charge on any atom is 0.131 e. The molecule has 2 rings (SSSR count). The zero-order valence-electron chi connectivity index (χ0n) is 9.18. The number of rotatable bonds is 2. The number of hydrogen-bond acceptors (Lipinski definition) is 3. The van der Waals surface area contributed by atoms with Crippen LogP contribution in [0.4, 0.5) is 0 Å². The highest BCUT2D eigenvalue weighted by atomic mass is 79.9. The van der Waals surface area contributed by atoms with E-state index in [1.54, 1.807) is 0 Å². The standard InChI is InChI=1S/C10H17BrN4/c1-7-9(13-14-10(7)11)8(2)15-5-3-12-4-6-15/h8,12H,3-6H2,1-2H3,(H,13,14). The Morgan fingerprint density at radius 2 is 2.07 bits per heavy atom. The zero-order valence-corrected chi connectivity index (χ0v) is 10.8. The molecule has 0 spiro atoms. The summed E-state index contributed by atoms with van der Waals surface area (Å²) in [6.07, 6.45) is 0. The molecule has 4 nitrogen and oxygen atoms in total. The first-order chi connectivity index (χ1) is 7.20. The Morgan fingerprint density at radius 1 is 1.40 bits per heavy atom. The van der Waals surface area contributed by atoms with Gasteiger partial charge in [-0.05, 0) is 29.8 Å². The average Bonchev–Trinajstić information content (AvgIpc) is 2.60. The van der Waals surface area contributed by atoms with E-state index in [0.29, 0.717) is 6.04 Å². The molecule has 84 valence electrons. The molecule has 0 bridgehead atoms. The quantitative estimate of drug-likeness (QED) is 0.857. The molecule has 2 N–H and O–H groups in total. The third-order valence-corrected chi connectivity index (χ3v) is 3.88. The average molecular weight is 273 g/mol. The molecular formula is C10H17BrN4. The summed E-state index contributed by atoms with van der Waals surface area (Å²) in [5.41, 5.74) is 2.45. The number of nitrogens with one attached hydrogen (secondary N) is 2. The Balaban J connectivity index is 2.12. The molecule has 0 radical (unpaired) electrons. The third kappa shape index (κ3) is 2.24. The van der Waals surface area contributed by atoms with Crippen LogP contribution in [0.1, 0.15) is 24.2 Å². The Kier molecular flexibility index (Phi) is 3.43. The Bertz CT molecular complexity index is 330. The molecule has 1 unspecified atom stereocenters. The summed E-state index contributed by atoms with van der Waals surface area (Å²) >= 11 is 3.44. The van der Waals surface area contributed by atoms with Crippen molar-refractivity contribution in [3.63, 3.8) is 0 Å². The number of aromatic nitrogens is 2. The van der Waals surface area contributed by atoms with Crippen molar-refractivity contribution in [3.05, 3.63) is 15.9 Å². The van der Waals surface area contributed by atoms with Crippen molar-refractivity contribution in [2.75, 3.05) is 26.2 Å². The normalized spacial score (nSPS) is 20.5. The lowest BCUT2D eigenvalue weighted by Gasteiger charge is -2.32. The van der Waals surface area contributed by atoms with Crippen molar-refractivity contribution >= 4 is 15.9 Å². The van der Waals surface area contributed by atoms with Gasteiger partial charge in [0.1, 0.15) is 4.60 Å². The number of halogens is 1. The van der Waals surface area contributed by atoms with Gasteiger partial charge in [-0.3, -0.25) is 10.00 Å². The number of H-pyrrole nitrogens is 1. The summed E-state index contributed by atoms with van der Waals surface area (Å²) < 4.78 is 0.930. The van der Waals surface area contributed by atoms with Crippen LogP contribution in [-0.2, 0) is 0 Å². The number of nitrogens with zero attached hydrogens (tertiary/aromatic N) is 2. The third-order valence-electron chi connectivity index (χ3n) is 3.11. The maximum atomic E-state index is 4.18. The van der Waals surface area contributed by atoms with E-state index in [1.165, 1.54) is 11.3 Å². The van der Waals surface area contributed by atoms with Gasteiger partial charge in [0, 0.05) is 37.8 Å². The fraction of sp³-hybridized carbons (Fsp3) is 0.700. The molecular weight excluding hydrogens is 256 g/mol. The van der Waals surface area contributed by atoms with E-state index < -0.39 is 0 Å². The van der Waals surface area contributed by atoms with E-state index in [4.69, 9.17) is 0 Å².